The fourth-order valence-electron chi connectivity index (χ4n) is 1.79. The standard InChI is InChI=1S/C14H20N2O/c1-12-9-13(10-15)5-6-14(12)11-16(2)7-4-8-17-3/h5-6,9H,4,7-8,11H2,1-3H3. The van der Waals surface area contributed by atoms with Crippen LogP contribution in [0.5, 0.6) is 0 Å². The number of hydrogen-bond acceptors (Lipinski definition) is 3. The predicted octanol–water partition coefficient (Wildman–Crippen LogP) is 2.33. The Hall–Kier alpha value is -1.37. The number of nitriles is 1. The van der Waals surface area contributed by atoms with Gasteiger partial charge in [-0.25, -0.2) is 0 Å². The van der Waals surface area contributed by atoms with Gasteiger partial charge < -0.3 is 9.64 Å². The number of rotatable bonds is 6. The van der Waals surface area contributed by atoms with Gasteiger partial charge >= 0.3 is 0 Å². The molecule has 0 bridgehead atoms. The van der Waals surface area contributed by atoms with E-state index in [-0.39, 0.29) is 0 Å². The molecule has 92 valence electrons. The Bertz CT molecular complexity index is 396. The Morgan fingerprint density at radius 1 is 1.41 bits per heavy atom. The van der Waals surface area contributed by atoms with Crippen molar-refractivity contribution in [3.05, 3.63) is 34.9 Å². The first-order chi connectivity index (χ1) is 8.17. The van der Waals surface area contributed by atoms with Gasteiger partial charge in [0.15, 0.2) is 0 Å². The van der Waals surface area contributed by atoms with E-state index in [4.69, 9.17) is 10.00 Å². The molecule has 0 aliphatic rings. The Labute approximate surface area is 104 Å². The molecule has 0 amide bonds. The summed E-state index contributed by atoms with van der Waals surface area (Å²) in [6.45, 7) is 4.80. The van der Waals surface area contributed by atoms with Crippen molar-refractivity contribution >= 4 is 0 Å². The number of methoxy groups -OCH3 is 1. The molecule has 0 atom stereocenters. The Morgan fingerprint density at radius 2 is 2.18 bits per heavy atom. The van der Waals surface area contributed by atoms with Gasteiger partial charge in [-0.3, -0.25) is 0 Å². The van der Waals surface area contributed by atoms with Crippen molar-refractivity contribution in [2.24, 2.45) is 0 Å². The van der Waals surface area contributed by atoms with E-state index in [0.717, 1.165) is 31.7 Å². The monoisotopic (exact) mass is 232 g/mol. The molecule has 0 aliphatic heterocycles. The van der Waals surface area contributed by atoms with Gasteiger partial charge in [-0.15, -0.1) is 0 Å². The van der Waals surface area contributed by atoms with Gasteiger partial charge in [0.25, 0.3) is 0 Å². The minimum Gasteiger partial charge on any atom is -0.385 e. The van der Waals surface area contributed by atoms with Crippen LogP contribution >= 0.6 is 0 Å². The number of hydrogen-bond donors (Lipinski definition) is 0. The van der Waals surface area contributed by atoms with Crippen molar-refractivity contribution in [2.75, 3.05) is 27.3 Å². The van der Waals surface area contributed by atoms with Crippen molar-refractivity contribution in [1.82, 2.24) is 4.90 Å². The summed E-state index contributed by atoms with van der Waals surface area (Å²) in [5.74, 6) is 0. The van der Waals surface area contributed by atoms with E-state index in [1.807, 2.05) is 18.2 Å². The summed E-state index contributed by atoms with van der Waals surface area (Å²) in [4.78, 5) is 2.27. The molecule has 0 N–H and O–H groups in total. The van der Waals surface area contributed by atoms with Gasteiger partial charge in [-0.1, -0.05) is 6.07 Å². The maximum absolute atomic E-state index is 8.80. The summed E-state index contributed by atoms with van der Waals surface area (Å²) in [6, 6.07) is 8.03. The first kappa shape index (κ1) is 13.7. The Morgan fingerprint density at radius 3 is 2.76 bits per heavy atom. The van der Waals surface area contributed by atoms with E-state index in [1.54, 1.807) is 7.11 Å². The van der Waals surface area contributed by atoms with E-state index in [2.05, 4.69) is 24.9 Å². The second kappa shape index (κ2) is 7.05. The van der Waals surface area contributed by atoms with Crippen molar-refractivity contribution in [3.8, 4) is 6.07 Å². The van der Waals surface area contributed by atoms with Crippen molar-refractivity contribution < 1.29 is 4.74 Å². The molecule has 3 nitrogen and oxygen atoms in total. The molecular formula is C14H20N2O. The van der Waals surface area contributed by atoms with Crippen LogP contribution in [0.3, 0.4) is 0 Å². The fraction of sp³-hybridized carbons (Fsp3) is 0.500. The van der Waals surface area contributed by atoms with Gasteiger partial charge in [0.05, 0.1) is 11.6 Å². The van der Waals surface area contributed by atoms with Crippen LogP contribution < -0.4 is 0 Å². The summed E-state index contributed by atoms with van der Waals surface area (Å²) >= 11 is 0. The Balaban J connectivity index is 2.54. The third-order valence-corrected chi connectivity index (χ3v) is 2.80. The summed E-state index contributed by atoms with van der Waals surface area (Å²) in [5, 5.41) is 8.80. The normalized spacial score (nSPS) is 10.5. The summed E-state index contributed by atoms with van der Waals surface area (Å²) in [5.41, 5.74) is 3.19. The van der Waals surface area contributed by atoms with E-state index in [0.29, 0.717) is 0 Å². The highest BCUT2D eigenvalue weighted by atomic mass is 16.5. The highest BCUT2D eigenvalue weighted by Gasteiger charge is 2.04. The fourth-order valence-corrected chi connectivity index (χ4v) is 1.79. The molecular weight excluding hydrogens is 212 g/mol. The predicted molar refractivity (Wildman–Crippen MR) is 68.7 cm³/mol. The number of nitrogens with zero attached hydrogens (tertiary/aromatic N) is 2. The van der Waals surface area contributed by atoms with Crippen LogP contribution in [-0.2, 0) is 11.3 Å². The van der Waals surface area contributed by atoms with E-state index < -0.39 is 0 Å². The zero-order valence-corrected chi connectivity index (χ0v) is 10.9. The molecule has 0 saturated carbocycles. The summed E-state index contributed by atoms with van der Waals surface area (Å²) < 4.78 is 5.03. The van der Waals surface area contributed by atoms with Crippen LogP contribution in [0.1, 0.15) is 23.1 Å². The lowest BCUT2D eigenvalue weighted by atomic mass is 10.1. The average molecular weight is 232 g/mol. The van der Waals surface area contributed by atoms with Gasteiger partial charge in [0, 0.05) is 26.8 Å². The molecule has 0 fully saturated rings. The lowest BCUT2D eigenvalue weighted by Crippen LogP contribution is -2.20. The smallest absolute Gasteiger partial charge is 0.0991 e. The van der Waals surface area contributed by atoms with Crippen molar-refractivity contribution in [2.45, 2.75) is 19.9 Å². The molecule has 3 heteroatoms. The quantitative estimate of drug-likeness (QED) is 0.706. The summed E-state index contributed by atoms with van der Waals surface area (Å²) in [7, 11) is 3.83. The maximum Gasteiger partial charge on any atom is 0.0991 e. The molecule has 0 saturated heterocycles. The number of ether oxygens (including phenoxy) is 1. The van der Waals surface area contributed by atoms with Crippen LogP contribution in [0.25, 0.3) is 0 Å². The highest BCUT2D eigenvalue weighted by Crippen LogP contribution is 2.12. The topological polar surface area (TPSA) is 36.3 Å². The lowest BCUT2D eigenvalue weighted by Gasteiger charge is -2.17. The lowest BCUT2D eigenvalue weighted by molar-refractivity contribution is 0.178. The molecule has 0 aromatic heterocycles. The van der Waals surface area contributed by atoms with Gasteiger partial charge in [0.1, 0.15) is 0 Å². The molecule has 1 aromatic rings. The molecule has 0 aliphatic carbocycles. The van der Waals surface area contributed by atoms with Crippen LogP contribution in [-0.4, -0.2) is 32.2 Å². The number of benzene rings is 1. The third-order valence-electron chi connectivity index (χ3n) is 2.80. The van der Waals surface area contributed by atoms with E-state index >= 15 is 0 Å². The van der Waals surface area contributed by atoms with E-state index in [1.165, 1.54) is 11.1 Å². The minimum atomic E-state index is 0.730. The first-order valence-electron chi connectivity index (χ1n) is 5.84. The van der Waals surface area contributed by atoms with Crippen LogP contribution in [0.15, 0.2) is 18.2 Å². The molecule has 0 spiro atoms. The average Bonchev–Trinajstić information content (AvgIpc) is 2.32. The summed E-state index contributed by atoms with van der Waals surface area (Å²) in [6.07, 6.45) is 1.04. The minimum absolute atomic E-state index is 0.730. The third kappa shape index (κ3) is 4.56. The second-order valence-electron chi connectivity index (χ2n) is 4.34. The Kier molecular flexibility index (Phi) is 5.68. The molecule has 0 radical (unpaired) electrons. The SMILES string of the molecule is COCCCN(C)Cc1ccc(C#N)cc1C. The maximum atomic E-state index is 8.80. The molecule has 1 rings (SSSR count). The largest absolute Gasteiger partial charge is 0.385 e. The second-order valence-corrected chi connectivity index (χ2v) is 4.34. The van der Waals surface area contributed by atoms with Gasteiger partial charge in [-0.05, 0) is 43.7 Å². The van der Waals surface area contributed by atoms with E-state index in [9.17, 15) is 0 Å². The number of aryl methyl sites for hydroxylation is 1. The van der Waals surface area contributed by atoms with Gasteiger partial charge in [-0.2, -0.15) is 5.26 Å². The van der Waals surface area contributed by atoms with Crippen LogP contribution in [0.2, 0.25) is 0 Å². The molecule has 1 aromatic carbocycles. The molecule has 17 heavy (non-hydrogen) atoms. The highest BCUT2D eigenvalue weighted by molar-refractivity contribution is 5.37. The zero-order valence-electron chi connectivity index (χ0n) is 10.9. The van der Waals surface area contributed by atoms with Crippen molar-refractivity contribution in [1.29, 1.82) is 5.26 Å². The van der Waals surface area contributed by atoms with Crippen molar-refractivity contribution in [3.63, 3.8) is 0 Å². The molecule has 0 heterocycles. The molecule has 0 unspecified atom stereocenters. The van der Waals surface area contributed by atoms with Crippen LogP contribution in [0.4, 0.5) is 0 Å². The zero-order chi connectivity index (χ0) is 12.7. The van der Waals surface area contributed by atoms with Crippen LogP contribution in [0, 0.1) is 18.3 Å². The first-order valence-corrected chi connectivity index (χ1v) is 5.84. The van der Waals surface area contributed by atoms with Gasteiger partial charge in [0.2, 0.25) is 0 Å².